The van der Waals surface area contributed by atoms with Gasteiger partial charge in [0.15, 0.2) is 0 Å². The van der Waals surface area contributed by atoms with E-state index >= 15 is 0 Å². The van der Waals surface area contributed by atoms with Crippen molar-refractivity contribution in [1.82, 2.24) is 15.5 Å². The van der Waals surface area contributed by atoms with Gasteiger partial charge in [-0.05, 0) is 6.92 Å². The minimum absolute atomic E-state index is 0.0519. The van der Waals surface area contributed by atoms with Gasteiger partial charge in [0.2, 0.25) is 0 Å². The molecule has 0 aromatic heterocycles. The lowest BCUT2D eigenvalue weighted by atomic mass is 9.91. The Labute approximate surface area is 166 Å². The van der Waals surface area contributed by atoms with Crippen LogP contribution in [0, 0.1) is 0 Å². The van der Waals surface area contributed by atoms with Gasteiger partial charge in [-0.3, -0.25) is 34.2 Å². The molecule has 0 bridgehead atoms. The smallest absolute Gasteiger partial charge is 0.325 e. The molecule has 0 aromatic carbocycles. The molecule has 29 heavy (non-hydrogen) atoms. The lowest BCUT2D eigenvalue weighted by Gasteiger charge is -2.27. The van der Waals surface area contributed by atoms with Crippen LogP contribution < -0.4 is 10.6 Å². The quantitative estimate of drug-likeness (QED) is 0.110. The molecule has 0 rings (SSSR count). The molecule has 0 spiro atoms. The summed E-state index contributed by atoms with van der Waals surface area (Å²) < 4.78 is 4.77. The Morgan fingerprint density at radius 1 is 0.862 bits per heavy atom. The number of carboxylic acid groups (broad SMARTS) is 4. The first-order valence-corrected chi connectivity index (χ1v) is 8.75. The number of carbonyl (C=O) groups excluding carboxylic acids is 1. The zero-order valence-electron chi connectivity index (χ0n) is 16.0. The fourth-order valence-corrected chi connectivity index (χ4v) is 2.48. The molecule has 0 heterocycles. The molecule has 13 nitrogen and oxygen atoms in total. The van der Waals surface area contributed by atoms with E-state index in [0.29, 0.717) is 0 Å². The molecule has 0 saturated heterocycles. The number of nitrogens with zero attached hydrogens (tertiary/aromatic N) is 1. The number of aliphatic carboxylic acids is 4. The highest BCUT2D eigenvalue weighted by atomic mass is 16.5. The van der Waals surface area contributed by atoms with Crippen molar-refractivity contribution in [2.45, 2.75) is 25.3 Å². The van der Waals surface area contributed by atoms with E-state index in [1.807, 2.05) is 0 Å². The average Bonchev–Trinajstić information content (AvgIpc) is 2.55. The lowest BCUT2D eigenvalue weighted by Crippen LogP contribution is -2.56. The third-order valence-corrected chi connectivity index (χ3v) is 3.70. The summed E-state index contributed by atoms with van der Waals surface area (Å²) in [5, 5.41) is 41.3. The molecule has 0 aromatic rings. The first-order valence-electron chi connectivity index (χ1n) is 8.75. The van der Waals surface area contributed by atoms with Crippen molar-refractivity contribution in [2.75, 3.05) is 45.9 Å². The Bertz CT molecular complexity index is 579. The summed E-state index contributed by atoms with van der Waals surface area (Å²) in [6, 6.07) is 0. The number of esters is 1. The standard InChI is InChI=1S/C16H27N3O10/c1-2-29-14(26)10-19(9-13(24)25)6-5-17-3-4-18-16(15(27)28,7-11(20)21)8-12(22)23/h17-18H,2-10H2,1H3,(H,20,21)(H,22,23)(H,24,25)(H,27,28). The molecule has 0 atom stereocenters. The van der Waals surface area contributed by atoms with E-state index in [9.17, 15) is 29.1 Å². The Balaban J connectivity index is 4.57. The average molecular weight is 421 g/mol. The molecule has 6 N–H and O–H groups in total. The first-order chi connectivity index (χ1) is 13.5. The van der Waals surface area contributed by atoms with Crippen molar-refractivity contribution in [3.63, 3.8) is 0 Å². The number of rotatable bonds is 17. The van der Waals surface area contributed by atoms with E-state index in [1.165, 1.54) is 4.90 Å². The summed E-state index contributed by atoms with van der Waals surface area (Å²) >= 11 is 0. The fraction of sp³-hybridized carbons (Fsp3) is 0.688. The van der Waals surface area contributed by atoms with E-state index in [0.717, 1.165) is 0 Å². The molecule has 0 aliphatic carbocycles. The minimum Gasteiger partial charge on any atom is -0.481 e. The second-order valence-corrected chi connectivity index (χ2v) is 6.11. The first kappa shape index (κ1) is 26.2. The Morgan fingerprint density at radius 3 is 1.90 bits per heavy atom. The molecule has 0 fully saturated rings. The molecular weight excluding hydrogens is 394 g/mol. The van der Waals surface area contributed by atoms with Gasteiger partial charge in [0.05, 0.1) is 32.5 Å². The summed E-state index contributed by atoms with van der Waals surface area (Å²) in [7, 11) is 0. The number of ether oxygens (including phenoxy) is 1. The van der Waals surface area contributed by atoms with Crippen molar-refractivity contribution < 1.29 is 49.1 Å². The largest absolute Gasteiger partial charge is 0.481 e. The molecule has 0 amide bonds. The van der Waals surface area contributed by atoms with Crippen LogP contribution in [0.25, 0.3) is 0 Å². The SMILES string of the molecule is CCOC(=O)CN(CCNCCNC(CC(=O)O)(CC(=O)O)C(=O)O)CC(=O)O. The normalized spacial score (nSPS) is 11.2. The second-order valence-electron chi connectivity index (χ2n) is 6.11. The number of hydrogen-bond donors (Lipinski definition) is 6. The predicted molar refractivity (Wildman–Crippen MR) is 96.5 cm³/mol. The Morgan fingerprint density at radius 2 is 1.45 bits per heavy atom. The van der Waals surface area contributed by atoms with E-state index < -0.39 is 48.2 Å². The fourth-order valence-electron chi connectivity index (χ4n) is 2.48. The van der Waals surface area contributed by atoms with Crippen LogP contribution in [-0.4, -0.2) is 107 Å². The van der Waals surface area contributed by atoms with Crippen molar-refractivity contribution in [1.29, 1.82) is 0 Å². The van der Waals surface area contributed by atoms with Crippen molar-refractivity contribution in [3.05, 3.63) is 0 Å². The van der Waals surface area contributed by atoms with Crippen LogP contribution in [-0.2, 0) is 28.7 Å². The van der Waals surface area contributed by atoms with E-state index in [2.05, 4.69) is 10.6 Å². The highest BCUT2D eigenvalue weighted by Crippen LogP contribution is 2.16. The van der Waals surface area contributed by atoms with Gasteiger partial charge in [-0.25, -0.2) is 0 Å². The van der Waals surface area contributed by atoms with E-state index in [1.54, 1.807) is 6.92 Å². The summed E-state index contributed by atoms with van der Waals surface area (Å²) in [5.41, 5.74) is -2.15. The zero-order chi connectivity index (χ0) is 22.4. The van der Waals surface area contributed by atoms with Gasteiger partial charge in [-0.15, -0.1) is 0 Å². The number of carboxylic acids is 4. The van der Waals surface area contributed by atoms with Crippen LogP contribution in [0.2, 0.25) is 0 Å². The van der Waals surface area contributed by atoms with Crippen LogP contribution in [0.5, 0.6) is 0 Å². The molecule has 166 valence electrons. The van der Waals surface area contributed by atoms with Crippen molar-refractivity contribution in [3.8, 4) is 0 Å². The maximum absolute atomic E-state index is 11.5. The lowest BCUT2D eigenvalue weighted by molar-refractivity contribution is -0.155. The van der Waals surface area contributed by atoms with Gasteiger partial charge in [-0.1, -0.05) is 0 Å². The summed E-state index contributed by atoms with van der Waals surface area (Å²) in [6.07, 6.45) is -1.83. The highest BCUT2D eigenvalue weighted by Gasteiger charge is 2.42. The van der Waals surface area contributed by atoms with Gasteiger partial charge < -0.3 is 30.5 Å². The summed E-state index contributed by atoms with van der Waals surface area (Å²) in [6.45, 7) is 1.73. The topological polar surface area (TPSA) is 203 Å². The van der Waals surface area contributed by atoms with Crippen LogP contribution in [0.15, 0.2) is 0 Å². The maximum Gasteiger partial charge on any atom is 0.325 e. The van der Waals surface area contributed by atoms with Crippen LogP contribution >= 0.6 is 0 Å². The number of nitrogens with one attached hydrogen (secondary N) is 2. The highest BCUT2D eigenvalue weighted by molar-refractivity contribution is 5.89. The second kappa shape index (κ2) is 13.4. The number of carbonyl (C=O) groups is 5. The van der Waals surface area contributed by atoms with Gasteiger partial charge in [0.25, 0.3) is 0 Å². The molecule has 0 aliphatic heterocycles. The van der Waals surface area contributed by atoms with Crippen LogP contribution in [0.4, 0.5) is 0 Å². The van der Waals surface area contributed by atoms with Gasteiger partial charge in [0, 0.05) is 26.2 Å². The maximum atomic E-state index is 11.5. The molecule has 0 aliphatic rings. The predicted octanol–water partition coefficient (Wildman–Crippen LogP) is -2.11. The minimum atomic E-state index is -2.15. The molecule has 0 radical (unpaired) electrons. The van der Waals surface area contributed by atoms with Crippen molar-refractivity contribution >= 4 is 29.8 Å². The van der Waals surface area contributed by atoms with Gasteiger partial charge >= 0.3 is 29.8 Å². The summed E-state index contributed by atoms with van der Waals surface area (Å²) in [4.78, 5) is 57.0. The molecule has 13 heteroatoms. The summed E-state index contributed by atoms with van der Waals surface area (Å²) in [5.74, 6) is -6.20. The van der Waals surface area contributed by atoms with Crippen LogP contribution in [0.1, 0.15) is 19.8 Å². The number of hydrogen-bond acceptors (Lipinski definition) is 9. The zero-order valence-corrected chi connectivity index (χ0v) is 16.0. The Hall–Kier alpha value is -2.77. The third-order valence-electron chi connectivity index (χ3n) is 3.70. The molecule has 0 saturated carbocycles. The Kier molecular flexibility index (Phi) is 12.1. The van der Waals surface area contributed by atoms with Gasteiger partial charge in [0.1, 0.15) is 5.54 Å². The monoisotopic (exact) mass is 421 g/mol. The van der Waals surface area contributed by atoms with E-state index in [4.69, 9.17) is 20.1 Å². The third kappa shape index (κ3) is 11.6. The van der Waals surface area contributed by atoms with Gasteiger partial charge in [-0.2, -0.15) is 0 Å². The van der Waals surface area contributed by atoms with Crippen LogP contribution in [0.3, 0.4) is 0 Å². The molecule has 0 unspecified atom stereocenters. The molecular formula is C16H27N3O10. The van der Waals surface area contributed by atoms with E-state index in [-0.39, 0.29) is 45.9 Å². The van der Waals surface area contributed by atoms with Crippen molar-refractivity contribution in [2.24, 2.45) is 0 Å².